The molecular weight excluding hydrogens is 274 g/mol. The van der Waals surface area contributed by atoms with E-state index in [4.69, 9.17) is 17.3 Å². The highest BCUT2D eigenvalue weighted by atomic mass is 35.5. The van der Waals surface area contributed by atoms with E-state index in [0.29, 0.717) is 0 Å². The van der Waals surface area contributed by atoms with Crippen LogP contribution in [0.15, 0.2) is 18.2 Å². The largest absolute Gasteiger partial charge is 0.368 e. The van der Waals surface area contributed by atoms with E-state index in [1.54, 1.807) is 6.92 Å². The number of hydrogen-bond donors (Lipinski definition) is 1. The van der Waals surface area contributed by atoms with Crippen LogP contribution in [0.3, 0.4) is 0 Å². The molecule has 2 rings (SSSR count). The summed E-state index contributed by atoms with van der Waals surface area (Å²) < 4.78 is 0. The molecule has 20 heavy (non-hydrogen) atoms. The highest BCUT2D eigenvalue weighted by Gasteiger charge is 2.18. The van der Waals surface area contributed by atoms with Crippen molar-refractivity contribution in [2.24, 2.45) is 5.73 Å². The number of anilines is 1. The first-order valence-electron chi connectivity index (χ1n) is 7.04. The molecule has 0 bridgehead atoms. The highest BCUT2D eigenvalue weighted by Crippen LogP contribution is 2.29. The summed E-state index contributed by atoms with van der Waals surface area (Å²) in [5.74, 6) is 0.144. The van der Waals surface area contributed by atoms with Gasteiger partial charge in [-0.15, -0.1) is 0 Å². The second kappa shape index (κ2) is 6.46. The lowest BCUT2D eigenvalue weighted by Crippen LogP contribution is -2.33. The molecule has 0 aliphatic carbocycles. The first-order valence-corrected chi connectivity index (χ1v) is 7.42. The lowest BCUT2D eigenvalue weighted by atomic mass is 10.1. The average molecular weight is 296 g/mol. The van der Waals surface area contributed by atoms with E-state index in [-0.39, 0.29) is 11.9 Å². The molecular formula is C15H22ClN3O. The number of amides is 1. The number of hydrogen-bond acceptors (Lipinski definition) is 3. The van der Waals surface area contributed by atoms with Gasteiger partial charge in [0.25, 0.3) is 0 Å². The first-order chi connectivity index (χ1) is 9.49. The lowest BCUT2D eigenvalue weighted by molar-refractivity contribution is -0.128. The molecule has 1 aliphatic rings. The molecule has 0 radical (unpaired) electrons. The molecule has 1 heterocycles. The van der Waals surface area contributed by atoms with E-state index in [2.05, 4.69) is 4.90 Å². The minimum atomic E-state index is -0.0149. The van der Waals surface area contributed by atoms with Gasteiger partial charge in [-0.25, -0.2) is 0 Å². The van der Waals surface area contributed by atoms with Crippen LogP contribution < -0.4 is 10.6 Å². The number of benzene rings is 1. The maximum atomic E-state index is 11.4. The minimum Gasteiger partial charge on any atom is -0.368 e. The Hall–Kier alpha value is -1.26. The molecule has 1 amide bonds. The normalized spacial score (nSPS) is 17.8. The van der Waals surface area contributed by atoms with Crippen molar-refractivity contribution in [1.29, 1.82) is 0 Å². The maximum absolute atomic E-state index is 11.4. The van der Waals surface area contributed by atoms with E-state index < -0.39 is 0 Å². The monoisotopic (exact) mass is 295 g/mol. The van der Waals surface area contributed by atoms with Gasteiger partial charge in [-0.2, -0.15) is 0 Å². The summed E-state index contributed by atoms with van der Waals surface area (Å²) in [7, 11) is 0. The quantitative estimate of drug-likeness (QED) is 0.911. The van der Waals surface area contributed by atoms with Gasteiger partial charge in [0, 0.05) is 39.1 Å². The fourth-order valence-electron chi connectivity index (χ4n) is 2.54. The van der Waals surface area contributed by atoms with Crippen LogP contribution in [-0.4, -0.2) is 37.0 Å². The van der Waals surface area contributed by atoms with Gasteiger partial charge in [-0.1, -0.05) is 17.7 Å². The van der Waals surface area contributed by atoms with Crippen LogP contribution in [0.4, 0.5) is 5.69 Å². The Balaban J connectivity index is 2.13. The number of carbonyl (C=O) groups excluding carboxylic acids is 1. The summed E-state index contributed by atoms with van der Waals surface area (Å²) in [6.45, 7) is 6.88. The van der Waals surface area contributed by atoms with Crippen molar-refractivity contribution in [2.45, 2.75) is 26.3 Å². The van der Waals surface area contributed by atoms with Crippen LogP contribution in [0.2, 0.25) is 5.02 Å². The number of rotatable bonds is 2. The second-order valence-corrected chi connectivity index (χ2v) is 5.75. The zero-order valence-corrected chi connectivity index (χ0v) is 12.9. The van der Waals surface area contributed by atoms with Crippen LogP contribution >= 0.6 is 11.6 Å². The van der Waals surface area contributed by atoms with Crippen molar-refractivity contribution < 1.29 is 4.79 Å². The predicted octanol–water partition coefficient (Wildman–Crippen LogP) is 2.42. The van der Waals surface area contributed by atoms with Crippen LogP contribution in [0.25, 0.3) is 0 Å². The van der Waals surface area contributed by atoms with E-state index in [1.807, 2.05) is 30.0 Å². The maximum Gasteiger partial charge on any atom is 0.219 e. The molecule has 0 aromatic heterocycles. The van der Waals surface area contributed by atoms with Crippen LogP contribution in [0.1, 0.15) is 31.9 Å². The smallest absolute Gasteiger partial charge is 0.219 e. The number of nitrogens with zero attached hydrogens (tertiary/aromatic N) is 2. The van der Waals surface area contributed by atoms with Gasteiger partial charge in [0.1, 0.15) is 0 Å². The van der Waals surface area contributed by atoms with Gasteiger partial charge in [0.2, 0.25) is 5.91 Å². The van der Waals surface area contributed by atoms with Gasteiger partial charge in [0.15, 0.2) is 0 Å². The zero-order chi connectivity index (χ0) is 14.7. The van der Waals surface area contributed by atoms with Gasteiger partial charge in [0.05, 0.1) is 10.7 Å². The molecule has 0 saturated carbocycles. The van der Waals surface area contributed by atoms with Gasteiger partial charge >= 0.3 is 0 Å². The molecule has 1 aromatic carbocycles. The van der Waals surface area contributed by atoms with Crippen molar-refractivity contribution in [3.8, 4) is 0 Å². The molecule has 1 aliphatic heterocycles. The molecule has 2 N–H and O–H groups in total. The Morgan fingerprint density at radius 3 is 2.65 bits per heavy atom. The van der Waals surface area contributed by atoms with Crippen LogP contribution in [0.5, 0.6) is 0 Å². The number of nitrogens with two attached hydrogens (primary N) is 1. The third kappa shape index (κ3) is 3.44. The van der Waals surface area contributed by atoms with E-state index in [9.17, 15) is 4.79 Å². The summed E-state index contributed by atoms with van der Waals surface area (Å²) in [5.41, 5.74) is 7.94. The Bertz CT molecular complexity index is 490. The van der Waals surface area contributed by atoms with Gasteiger partial charge in [-0.05, 0) is 31.0 Å². The lowest BCUT2D eigenvalue weighted by Gasteiger charge is -2.25. The van der Waals surface area contributed by atoms with Gasteiger partial charge in [-0.3, -0.25) is 4.79 Å². The molecule has 4 nitrogen and oxygen atoms in total. The fourth-order valence-corrected chi connectivity index (χ4v) is 2.84. The van der Waals surface area contributed by atoms with Crippen molar-refractivity contribution >= 4 is 23.2 Å². The molecule has 0 spiro atoms. The van der Waals surface area contributed by atoms with E-state index >= 15 is 0 Å². The Morgan fingerprint density at radius 2 is 2.05 bits per heavy atom. The van der Waals surface area contributed by atoms with Gasteiger partial charge < -0.3 is 15.5 Å². The standard InChI is InChI=1S/C15H22ClN3O/c1-11(17)13-4-5-15(14(16)10-13)19-7-3-6-18(8-9-19)12(2)20/h4-5,10-11H,3,6-9,17H2,1-2H3/t11-/m1/s1. The molecule has 5 heteroatoms. The summed E-state index contributed by atoms with van der Waals surface area (Å²) in [5, 5.41) is 0.732. The summed E-state index contributed by atoms with van der Waals surface area (Å²) in [6.07, 6.45) is 0.963. The van der Waals surface area contributed by atoms with Crippen molar-refractivity contribution in [2.75, 3.05) is 31.1 Å². The SMILES string of the molecule is CC(=O)N1CCCN(c2ccc([C@@H](C)N)cc2Cl)CC1. The van der Waals surface area contributed by atoms with Crippen molar-refractivity contribution in [3.05, 3.63) is 28.8 Å². The first kappa shape index (κ1) is 15.1. The Labute approximate surface area is 125 Å². The topological polar surface area (TPSA) is 49.6 Å². The van der Waals surface area contributed by atoms with E-state index in [0.717, 1.165) is 48.9 Å². The highest BCUT2D eigenvalue weighted by molar-refractivity contribution is 6.33. The summed E-state index contributed by atoms with van der Waals surface area (Å²) >= 11 is 6.38. The Morgan fingerprint density at radius 1 is 1.30 bits per heavy atom. The molecule has 1 saturated heterocycles. The molecule has 0 unspecified atom stereocenters. The van der Waals surface area contributed by atoms with E-state index in [1.165, 1.54) is 0 Å². The second-order valence-electron chi connectivity index (χ2n) is 5.35. The molecule has 110 valence electrons. The Kier molecular flexibility index (Phi) is 4.89. The summed E-state index contributed by atoms with van der Waals surface area (Å²) in [4.78, 5) is 15.6. The average Bonchev–Trinajstić information content (AvgIpc) is 2.64. The molecule has 1 atom stereocenters. The molecule has 1 aromatic rings. The van der Waals surface area contributed by atoms with Crippen LogP contribution in [0, 0.1) is 0 Å². The van der Waals surface area contributed by atoms with Crippen molar-refractivity contribution in [1.82, 2.24) is 4.90 Å². The van der Waals surface area contributed by atoms with Crippen molar-refractivity contribution in [3.63, 3.8) is 0 Å². The zero-order valence-electron chi connectivity index (χ0n) is 12.1. The summed E-state index contributed by atoms with van der Waals surface area (Å²) in [6, 6.07) is 5.98. The molecule has 1 fully saturated rings. The predicted molar refractivity (Wildman–Crippen MR) is 83.1 cm³/mol. The number of halogens is 1. The third-order valence-corrected chi connectivity index (χ3v) is 4.08. The fraction of sp³-hybridized carbons (Fsp3) is 0.533. The van der Waals surface area contributed by atoms with Crippen LogP contribution in [-0.2, 0) is 4.79 Å². The number of carbonyl (C=O) groups is 1. The third-order valence-electron chi connectivity index (χ3n) is 3.78. The minimum absolute atomic E-state index is 0.0149.